The van der Waals surface area contributed by atoms with E-state index < -0.39 is 29.0 Å². The Hall–Kier alpha value is -4.61. The standard InChI is InChI=1S/C29H28F2N6O4/c1-15-14-35(28(39)41-29(3,4)5)11-12-36(15)25-17-13-19(31)23-22-18(30)7-6-8-20(22)40-21-9-10-32-16(2)24(21)37(26(17)33-23)27(38)34-25/h6-10,13,15H,11-12,14H2,1-5H3. The van der Waals surface area contributed by atoms with Crippen LogP contribution >= 0.6 is 0 Å². The largest absolute Gasteiger partial charge is 0.454 e. The average molecular weight is 563 g/mol. The van der Waals surface area contributed by atoms with Gasteiger partial charge in [0.05, 0.1) is 16.5 Å². The number of hydrogen-bond donors (Lipinski definition) is 0. The highest BCUT2D eigenvalue weighted by molar-refractivity contribution is 5.99. The van der Waals surface area contributed by atoms with Gasteiger partial charge in [-0.3, -0.25) is 4.98 Å². The Balaban J connectivity index is 1.63. The molecule has 0 saturated carbocycles. The summed E-state index contributed by atoms with van der Waals surface area (Å²) in [5, 5.41) is 0.0864. The van der Waals surface area contributed by atoms with Crippen LogP contribution in [0, 0.1) is 18.6 Å². The summed E-state index contributed by atoms with van der Waals surface area (Å²) in [6.07, 6.45) is 1.07. The van der Waals surface area contributed by atoms with Crippen molar-refractivity contribution in [1.82, 2.24) is 24.3 Å². The highest BCUT2D eigenvalue weighted by Gasteiger charge is 2.32. The third kappa shape index (κ3) is 4.52. The van der Waals surface area contributed by atoms with Gasteiger partial charge in [-0.1, -0.05) is 6.07 Å². The highest BCUT2D eigenvalue weighted by Crippen LogP contribution is 2.32. The summed E-state index contributed by atoms with van der Waals surface area (Å²) >= 11 is 0. The molecular formula is C29H28F2N6O4. The van der Waals surface area contributed by atoms with Gasteiger partial charge in [0.1, 0.15) is 33.9 Å². The molecule has 1 aliphatic rings. The predicted octanol–water partition coefficient (Wildman–Crippen LogP) is 5.13. The Kier molecular flexibility index (Phi) is 6.16. The molecule has 1 atom stereocenters. The molecule has 12 heteroatoms. The van der Waals surface area contributed by atoms with Crippen LogP contribution in [-0.4, -0.2) is 61.6 Å². The lowest BCUT2D eigenvalue weighted by molar-refractivity contribution is 0.0218. The molecule has 0 spiro atoms. The second-order valence-electron chi connectivity index (χ2n) is 11.2. The van der Waals surface area contributed by atoms with E-state index in [0.29, 0.717) is 25.3 Å². The third-order valence-corrected chi connectivity index (χ3v) is 7.08. The number of halogens is 2. The van der Waals surface area contributed by atoms with E-state index >= 15 is 8.78 Å². The van der Waals surface area contributed by atoms with Crippen molar-refractivity contribution in [3.8, 4) is 0 Å². The molecule has 41 heavy (non-hydrogen) atoms. The zero-order valence-corrected chi connectivity index (χ0v) is 23.2. The fourth-order valence-electron chi connectivity index (χ4n) is 5.29. The van der Waals surface area contributed by atoms with Gasteiger partial charge in [0, 0.05) is 37.9 Å². The number of nitrogens with zero attached hydrogens (tertiary/aromatic N) is 6. The molecule has 6 rings (SSSR count). The molecule has 4 aromatic heterocycles. The van der Waals surface area contributed by atoms with Gasteiger partial charge in [-0.2, -0.15) is 4.98 Å². The van der Waals surface area contributed by atoms with E-state index in [-0.39, 0.29) is 50.5 Å². The lowest BCUT2D eigenvalue weighted by atomic mass is 10.1. The average Bonchev–Trinajstić information content (AvgIpc) is 2.94. The quantitative estimate of drug-likeness (QED) is 0.277. The van der Waals surface area contributed by atoms with Crippen LogP contribution in [0.4, 0.5) is 19.4 Å². The Morgan fingerprint density at radius 2 is 1.88 bits per heavy atom. The van der Waals surface area contributed by atoms with Crippen LogP contribution in [-0.2, 0) is 4.74 Å². The van der Waals surface area contributed by atoms with Crippen LogP contribution in [0.2, 0.25) is 0 Å². The molecule has 0 radical (unpaired) electrons. The molecular weight excluding hydrogens is 534 g/mol. The normalized spacial score (nSPS) is 16.2. The van der Waals surface area contributed by atoms with Gasteiger partial charge in [-0.05, 0) is 52.8 Å². The van der Waals surface area contributed by atoms with E-state index in [0.717, 1.165) is 0 Å². The topological polar surface area (TPSA) is 106 Å². The summed E-state index contributed by atoms with van der Waals surface area (Å²) in [7, 11) is 0. The maximum atomic E-state index is 15.8. The number of rotatable bonds is 1. The number of benzene rings is 1. The van der Waals surface area contributed by atoms with E-state index in [4.69, 9.17) is 9.15 Å². The summed E-state index contributed by atoms with van der Waals surface area (Å²) in [6, 6.07) is 6.63. The number of amides is 1. The first kappa shape index (κ1) is 26.6. The summed E-state index contributed by atoms with van der Waals surface area (Å²) < 4.78 is 43.8. The van der Waals surface area contributed by atoms with Gasteiger partial charge in [-0.15, -0.1) is 0 Å². The molecule has 0 N–H and O–H groups in total. The van der Waals surface area contributed by atoms with Gasteiger partial charge in [-0.25, -0.2) is 27.8 Å². The molecule has 1 amide bonds. The number of hydrogen-bond acceptors (Lipinski definition) is 8. The maximum Gasteiger partial charge on any atom is 0.410 e. The van der Waals surface area contributed by atoms with Gasteiger partial charge in [0.15, 0.2) is 17.0 Å². The first-order chi connectivity index (χ1) is 19.4. The Morgan fingerprint density at radius 3 is 2.61 bits per heavy atom. The van der Waals surface area contributed by atoms with E-state index in [1.54, 1.807) is 38.7 Å². The van der Waals surface area contributed by atoms with Gasteiger partial charge in [0.2, 0.25) is 0 Å². The monoisotopic (exact) mass is 562 g/mol. The van der Waals surface area contributed by atoms with E-state index in [1.165, 1.54) is 34.9 Å². The Bertz CT molecular complexity index is 1960. The number of aromatic nitrogens is 4. The lowest BCUT2D eigenvalue weighted by Crippen LogP contribution is -2.55. The maximum absolute atomic E-state index is 15.8. The zero-order chi connectivity index (χ0) is 29.2. The first-order valence-corrected chi connectivity index (χ1v) is 13.2. The second kappa shape index (κ2) is 9.50. The fourth-order valence-corrected chi connectivity index (χ4v) is 5.29. The molecule has 1 aliphatic heterocycles. The number of pyridine rings is 2. The fraction of sp³-hybridized carbons (Fsp3) is 0.345. The van der Waals surface area contributed by atoms with Crippen molar-refractivity contribution in [2.24, 2.45) is 0 Å². The van der Waals surface area contributed by atoms with E-state index in [1.807, 2.05) is 11.8 Å². The SMILES string of the molecule is Cc1nccc2oc3cccc(F)c3c3nc4c(cc3F)c(N3CCN(C(=O)OC(C)(C)C)CC3C)nc(=O)n4c12. The summed E-state index contributed by atoms with van der Waals surface area (Å²) in [5.41, 5.74) is -0.581. The Labute approximate surface area is 232 Å². The molecule has 212 valence electrons. The van der Waals surface area contributed by atoms with Crippen LogP contribution in [0.1, 0.15) is 33.4 Å². The number of carbonyl (C=O) groups excluding carboxylic acids is 1. The van der Waals surface area contributed by atoms with Crippen LogP contribution in [0.3, 0.4) is 0 Å². The van der Waals surface area contributed by atoms with E-state index in [9.17, 15) is 9.59 Å². The second-order valence-corrected chi connectivity index (χ2v) is 11.2. The number of ether oxygens (including phenoxy) is 1. The molecule has 5 heterocycles. The van der Waals surface area contributed by atoms with Crippen LogP contribution in [0.25, 0.3) is 38.6 Å². The molecule has 1 saturated heterocycles. The Morgan fingerprint density at radius 1 is 1.10 bits per heavy atom. The van der Waals surface area contributed by atoms with Gasteiger partial charge >= 0.3 is 11.8 Å². The van der Waals surface area contributed by atoms with Crippen molar-refractivity contribution < 1.29 is 22.7 Å². The first-order valence-electron chi connectivity index (χ1n) is 13.2. The molecule has 1 aromatic carbocycles. The molecule has 10 nitrogen and oxygen atoms in total. The zero-order valence-electron chi connectivity index (χ0n) is 23.2. The minimum atomic E-state index is -0.804. The van der Waals surface area contributed by atoms with Crippen molar-refractivity contribution in [3.05, 3.63) is 64.3 Å². The highest BCUT2D eigenvalue weighted by atomic mass is 19.1. The number of anilines is 1. The van der Waals surface area contributed by atoms with Crippen molar-refractivity contribution in [2.75, 3.05) is 24.5 Å². The summed E-state index contributed by atoms with van der Waals surface area (Å²) in [4.78, 5) is 43.1. The minimum absolute atomic E-state index is 0.0449. The number of aryl methyl sites for hydroxylation is 1. The molecule has 0 aliphatic carbocycles. The molecule has 2 bridgehead atoms. The van der Waals surface area contributed by atoms with Crippen molar-refractivity contribution in [1.29, 1.82) is 0 Å². The molecule has 1 fully saturated rings. The minimum Gasteiger partial charge on any atom is -0.454 e. The third-order valence-electron chi connectivity index (χ3n) is 7.08. The van der Waals surface area contributed by atoms with Crippen LogP contribution in [0.5, 0.6) is 0 Å². The summed E-state index contributed by atoms with van der Waals surface area (Å²) in [6.45, 7) is 9.89. The molecule has 5 aromatic rings. The van der Waals surface area contributed by atoms with Gasteiger partial charge < -0.3 is 19.0 Å². The van der Waals surface area contributed by atoms with Crippen molar-refractivity contribution >= 4 is 50.5 Å². The number of piperazine rings is 1. The smallest absolute Gasteiger partial charge is 0.410 e. The number of carbonyl (C=O) groups is 1. The number of fused-ring (bicyclic) bond motifs is 5. The van der Waals surface area contributed by atoms with Crippen LogP contribution < -0.4 is 10.6 Å². The van der Waals surface area contributed by atoms with Crippen molar-refractivity contribution in [2.45, 2.75) is 46.3 Å². The van der Waals surface area contributed by atoms with Crippen LogP contribution in [0.15, 0.2) is 45.7 Å². The van der Waals surface area contributed by atoms with Crippen molar-refractivity contribution in [3.63, 3.8) is 0 Å². The van der Waals surface area contributed by atoms with Gasteiger partial charge in [0.25, 0.3) is 0 Å². The summed E-state index contributed by atoms with van der Waals surface area (Å²) in [5.74, 6) is -1.31. The predicted molar refractivity (Wildman–Crippen MR) is 150 cm³/mol. The van der Waals surface area contributed by atoms with E-state index in [2.05, 4.69) is 15.0 Å². The lowest BCUT2D eigenvalue weighted by Gasteiger charge is -2.41. The molecule has 1 unspecified atom stereocenters.